The summed E-state index contributed by atoms with van der Waals surface area (Å²) in [4.78, 5) is 6.88. The van der Waals surface area contributed by atoms with Crippen molar-refractivity contribution in [1.29, 1.82) is 0 Å². The van der Waals surface area contributed by atoms with Crippen LogP contribution in [0.15, 0.2) is 5.38 Å². The highest BCUT2D eigenvalue weighted by Crippen LogP contribution is 2.21. The third kappa shape index (κ3) is 3.96. The molecule has 0 spiro atoms. The molecule has 0 amide bonds. The summed E-state index contributed by atoms with van der Waals surface area (Å²) in [6.45, 7) is 6.21. The van der Waals surface area contributed by atoms with Gasteiger partial charge < -0.3 is 10.2 Å². The highest BCUT2D eigenvalue weighted by molar-refractivity contribution is 7.98. The van der Waals surface area contributed by atoms with Gasteiger partial charge in [-0.1, -0.05) is 6.92 Å². The average Bonchev–Trinajstić information content (AvgIpc) is 2.74. The van der Waals surface area contributed by atoms with Crippen molar-refractivity contribution in [3.8, 4) is 0 Å². The molecule has 0 bridgehead atoms. The zero-order valence-electron chi connectivity index (χ0n) is 10.5. The molecule has 0 fully saturated rings. The van der Waals surface area contributed by atoms with Crippen LogP contribution in [0.5, 0.6) is 0 Å². The first kappa shape index (κ1) is 13.8. The molecule has 92 valence electrons. The van der Waals surface area contributed by atoms with Crippen LogP contribution in [-0.4, -0.2) is 36.6 Å². The molecule has 0 aliphatic heterocycles. The van der Waals surface area contributed by atoms with Gasteiger partial charge in [0.2, 0.25) is 0 Å². The number of thioether (sulfide) groups is 1. The van der Waals surface area contributed by atoms with E-state index in [1.54, 1.807) is 11.3 Å². The van der Waals surface area contributed by atoms with Crippen molar-refractivity contribution >= 4 is 28.2 Å². The van der Waals surface area contributed by atoms with E-state index in [1.165, 1.54) is 0 Å². The maximum atomic E-state index is 4.62. The van der Waals surface area contributed by atoms with E-state index in [4.69, 9.17) is 0 Å². The lowest BCUT2D eigenvalue weighted by atomic mass is 10.4. The van der Waals surface area contributed by atoms with Gasteiger partial charge in [0.15, 0.2) is 5.13 Å². The van der Waals surface area contributed by atoms with Crippen molar-refractivity contribution in [2.75, 3.05) is 30.5 Å². The van der Waals surface area contributed by atoms with Crippen LogP contribution in [0.3, 0.4) is 0 Å². The maximum absolute atomic E-state index is 4.62. The fourth-order valence-electron chi connectivity index (χ4n) is 1.33. The molecule has 1 aromatic heterocycles. The molecule has 0 aromatic carbocycles. The molecule has 0 saturated carbocycles. The predicted octanol–water partition coefficient (Wildman–Crippen LogP) is 2.44. The Morgan fingerprint density at radius 1 is 1.62 bits per heavy atom. The van der Waals surface area contributed by atoms with Crippen molar-refractivity contribution in [2.24, 2.45) is 0 Å². The fraction of sp³-hybridized carbons (Fsp3) is 0.727. The lowest BCUT2D eigenvalue weighted by Gasteiger charge is -2.23. The van der Waals surface area contributed by atoms with Crippen molar-refractivity contribution < 1.29 is 0 Å². The van der Waals surface area contributed by atoms with E-state index in [2.05, 4.69) is 47.7 Å². The molecule has 1 atom stereocenters. The third-order valence-electron chi connectivity index (χ3n) is 2.47. The number of aromatic nitrogens is 1. The molecular weight excluding hydrogens is 238 g/mol. The summed E-state index contributed by atoms with van der Waals surface area (Å²) < 4.78 is 0. The summed E-state index contributed by atoms with van der Waals surface area (Å²) in [6, 6.07) is 0.535. The fourth-order valence-corrected chi connectivity index (χ4v) is 2.93. The van der Waals surface area contributed by atoms with Gasteiger partial charge in [0, 0.05) is 30.8 Å². The molecule has 1 unspecified atom stereocenters. The number of anilines is 1. The van der Waals surface area contributed by atoms with Crippen LogP contribution in [0.2, 0.25) is 0 Å². The zero-order chi connectivity index (χ0) is 12.0. The largest absolute Gasteiger partial charge is 0.348 e. The van der Waals surface area contributed by atoms with Crippen LogP contribution in [0, 0.1) is 0 Å². The molecule has 1 rings (SSSR count). The van der Waals surface area contributed by atoms with E-state index in [1.807, 2.05) is 11.8 Å². The molecule has 0 aliphatic carbocycles. The monoisotopic (exact) mass is 259 g/mol. The van der Waals surface area contributed by atoms with Gasteiger partial charge in [-0.15, -0.1) is 11.3 Å². The van der Waals surface area contributed by atoms with Gasteiger partial charge in [-0.3, -0.25) is 0 Å². The average molecular weight is 259 g/mol. The predicted molar refractivity (Wildman–Crippen MR) is 75.7 cm³/mol. The molecule has 1 heterocycles. The zero-order valence-corrected chi connectivity index (χ0v) is 12.1. The van der Waals surface area contributed by atoms with E-state index in [0.717, 1.165) is 29.7 Å². The first-order chi connectivity index (χ1) is 7.69. The van der Waals surface area contributed by atoms with Crippen LogP contribution < -0.4 is 10.2 Å². The van der Waals surface area contributed by atoms with E-state index in [0.29, 0.717) is 6.04 Å². The van der Waals surface area contributed by atoms with Crippen molar-refractivity contribution in [3.63, 3.8) is 0 Å². The van der Waals surface area contributed by atoms with Gasteiger partial charge in [0.25, 0.3) is 0 Å². The summed E-state index contributed by atoms with van der Waals surface area (Å²) in [7, 11) is 2.12. The second kappa shape index (κ2) is 7.14. The van der Waals surface area contributed by atoms with Crippen LogP contribution in [0.4, 0.5) is 5.13 Å². The summed E-state index contributed by atoms with van der Waals surface area (Å²) in [5.74, 6) is 1.14. The third-order valence-corrected chi connectivity index (χ3v) is 4.26. The Morgan fingerprint density at radius 3 is 3.00 bits per heavy atom. The Kier molecular flexibility index (Phi) is 6.16. The maximum Gasteiger partial charge on any atom is 0.185 e. The topological polar surface area (TPSA) is 28.2 Å². The van der Waals surface area contributed by atoms with Crippen molar-refractivity contribution in [1.82, 2.24) is 10.3 Å². The number of hydrogen-bond acceptors (Lipinski definition) is 5. The molecule has 16 heavy (non-hydrogen) atoms. The van der Waals surface area contributed by atoms with Gasteiger partial charge >= 0.3 is 0 Å². The minimum atomic E-state index is 0.535. The number of hydrogen-bond donors (Lipinski definition) is 1. The lowest BCUT2D eigenvalue weighted by molar-refractivity contribution is 0.708. The van der Waals surface area contributed by atoms with Crippen LogP contribution in [0.1, 0.15) is 19.5 Å². The highest BCUT2D eigenvalue weighted by Gasteiger charge is 2.12. The second-order valence-corrected chi connectivity index (χ2v) is 5.56. The summed E-state index contributed by atoms with van der Waals surface area (Å²) >= 11 is 3.60. The summed E-state index contributed by atoms with van der Waals surface area (Å²) in [5, 5.41) is 6.55. The summed E-state index contributed by atoms with van der Waals surface area (Å²) in [6.07, 6.45) is 2.14. The van der Waals surface area contributed by atoms with Crippen LogP contribution in [0.25, 0.3) is 0 Å². The molecule has 1 N–H and O–H groups in total. The molecule has 3 nitrogen and oxygen atoms in total. The van der Waals surface area contributed by atoms with Crippen molar-refractivity contribution in [3.05, 3.63) is 11.1 Å². The molecular formula is C11H21N3S2. The molecule has 0 saturated heterocycles. The number of thiazole rings is 1. The molecule has 5 heteroatoms. The Hall–Kier alpha value is -0.260. The first-order valence-electron chi connectivity index (χ1n) is 5.56. The Balaban J connectivity index is 2.55. The quantitative estimate of drug-likeness (QED) is 0.814. The van der Waals surface area contributed by atoms with Gasteiger partial charge in [0.05, 0.1) is 5.69 Å². The van der Waals surface area contributed by atoms with Crippen molar-refractivity contribution in [2.45, 2.75) is 26.4 Å². The number of rotatable bonds is 7. The minimum Gasteiger partial charge on any atom is -0.348 e. The smallest absolute Gasteiger partial charge is 0.185 e. The van der Waals surface area contributed by atoms with Gasteiger partial charge in [-0.2, -0.15) is 11.8 Å². The van der Waals surface area contributed by atoms with Gasteiger partial charge in [-0.05, 0) is 19.7 Å². The second-order valence-electron chi connectivity index (χ2n) is 3.82. The van der Waals surface area contributed by atoms with E-state index < -0.39 is 0 Å². The number of nitrogens with one attached hydrogen (secondary N) is 1. The lowest BCUT2D eigenvalue weighted by Crippen LogP contribution is -2.30. The van der Waals surface area contributed by atoms with E-state index >= 15 is 0 Å². The van der Waals surface area contributed by atoms with Gasteiger partial charge in [-0.25, -0.2) is 4.98 Å². The molecule has 1 aromatic rings. The van der Waals surface area contributed by atoms with Gasteiger partial charge in [0.1, 0.15) is 0 Å². The Morgan fingerprint density at radius 2 is 2.38 bits per heavy atom. The first-order valence-corrected chi connectivity index (χ1v) is 7.83. The van der Waals surface area contributed by atoms with E-state index in [9.17, 15) is 0 Å². The minimum absolute atomic E-state index is 0.535. The highest BCUT2D eigenvalue weighted by atomic mass is 32.2. The summed E-state index contributed by atoms with van der Waals surface area (Å²) in [5.41, 5.74) is 1.14. The van der Waals surface area contributed by atoms with Crippen LogP contribution in [-0.2, 0) is 6.54 Å². The Labute approximate surface area is 107 Å². The SMILES string of the molecule is CCNCc1csc(N(C)C(C)CSC)n1. The number of nitrogens with zero attached hydrogens (tertiary/aromatic N) is 2. The van der Waals surface area contributed by atoms with E-state index in [-0.39, 0.29) is 0 Å². The van der Waals surface area contributed by atoms with Crippen LogP contribution >= 0.6 is 23.1 Å². The Bertz CT molecular complexity index is 301. The molecule has 0 radical (unpaired) electrons. The molecule has 0 aliphatic rings. The standard InChI is InChI=1S/C11H21N3S2/c1-5-12-6-10-8-16-11(13-10)14(3)9(2)7-15-4/h8-9,12H,5-7H2,1-4H3. The normalized spacial score (nSPS) is 12.8.